The number of amides is 2. The summed E-state index contributed by atoms with van der Waals surface area (Å²) in [6.45, 7) is 2.21. The maximum atomic E-state index is 12.3. The number of nitrogens with one attached hydrogen (secondary N) is 1. The van der Waals surface area contributed by atoms with Crippen LogP contribution in [0, 0.1) is 0 Å². The monoisotopic (exact) mass is 273 g/mol. The van der Waals surface area contributed by atoms with Crippen molar-refractivity contribution in [3.8, 4) is 0 Å². The molecule has 106 valence electrons. The molecule has 20 heavy (non-hydrogen) atoms. The van der Waals surface area contributed by atoms with Crippen LogP contribution in [0.25, 0.3) is 0 Å². The van der Waals surface area contributed by atoms with E-state index in [1.807, 2.05) is 7.05 Å². The molecule has 5 heteroatoms. The van der Waals surface area contributed by atoms with Crippen LogP contribution < -0.4 is 5.32 Å². The fourth-order valence-electron chi connectivity index (χ4n) is 2.99. The lowest BCUT2D eigenvalue weighted by atomic mass is 10.1. The van der Waals surface area contributed by atoms with Gasteiger partial charge in [0.1, 0.15) is 0 Å². The van der Waals surface area contributed by atoms with E-state index in [-0.39, 0.29) is 11.8 Å². The Morgan fingerprint density at radius 3 is 2.45 bits per heavy atom. The Bertz CT molecular complexity index is 509. The van der Waals surface area contributed by atoms with Crippen molar-refractivity contribution in [1.82, 2.24) is 15.1 Å². The predicted molar refractivity (Wildman–Crippen MR) is 75.5 cm³/mol. The van der Waals surface area contributed by atoms with Crippen molar-refractivity contribution < 1.29 is 9.59 Å². The number of hydrogen-bond donors (Lipinski definition) is 1. The molecular formula is C15H19N3O2. The maximum Gasteiger partial charge on any atom is 0.262 e. The molecule has 0 saturated carbocycles. The molecule has 2 aliphatic rings. The molecule has 2 amide bonds. The van der Waals surface area contributed by atoms with E-state index in [4.69, 9.17) is 0 Å². The topological polar surface area (TPSA) is 52.6 Å². The lowest BCUT2D eigenvalue weighted by Gasteiger charge is -2.34. The molecule has 0 aliphatic carbocycles. The highest BCUT2D eigenvalue weighted by Crippen LogP contribution is 2.23. The van der Waals surface area contributed by atoms with E-state index < -0.39 is 0 Å². The van der Waals surface area contributed by atoms with Gasteiger partial charge in [0, 0.05) is 12.6 Å². The zero-order valence-corrected chi connectivity index (χ0v) is 11.6. The summed E-state index contributed by atoms with van der Waals surface area (Å²) in [5, 5.41) is 3.27. The number of hydrogen-bond acceptors (Lipinski definition) is 4. The van der Waals surface area contributed by atoms with Gasteiger partial charge in [0.2, 0.25) is 0 Å². The van der Waals surface area contributed by atoms with E-state index in [0.717, 1.165) is 25.9 Å². The van der Waals surface area contributed by atoms with E-state index in [9.17, 15) is 9.59 Å². The second-order valence-corrected chi connectivity index (χ2v) is 5.43. The maximum absolute atomic E-state index is 12.3. The van der Waals surface area contributed by atoms with Crippen molar-refractivity contribution in [3.63, 3.8) is 0 Å². The number of piperidine rings is 1. The second-order valence-electron chi connectivity index (χ2n) is 5.43. The third-order valence-electron chi connectivity index (χ3n) is 4.13. The first-order chi connectivity index (χ1) is 9.70. The molecule has 0 aromatic heterocycles. The number of carbonyl (C=O) groups is 2. The summed E-state index contributed by atoms with van der Waals surface area (Å²) in [6.07, 6.45) is 2.24. The number of nitrogens with zero attached hydrogens (tertiary/aromatic N) is 2. The van der Waals surface area contributed by atoms with Gasteiger partial charge in [0.25, 0.3) is 11.8 Å². The minimum absolute atomic E-state index is 0.169. The molecule has 1 fully saturated rings. The largest absolute Gasteiger partial charge is 0.316 e. The lowest BCUT2D eigenvalue weighted by Crippen LogP contribution is -2.49. The summed E-state index contributed by atoms with van der Waals surface area (Å²) in [5.41, 5.74) is 1.05. The molecule has 2 heterocycles. The minimum atomic E-state index is -0.169. The molecule has 1 atom stereocenters. The van der Waals surface area contributed by atoms with E-state index in [2.05, 4.69) is 10.2 Å². The number of fused-ring (bicyclic) bond motifs is 1. The van der Waals surface area contributed by atoms with Crippen LogP contribution in [0.2, 0.25) is 0 Å². The summed E-state index contributed by atoms with van der Waals surface area (Å²) in [4.78, 5) is 28.1. The zero-order chi connectivity index (χ0) is 14.1. The molecule has 1 N–H and O–H groups in total. The van der Waals surface area contributed by atoms with Gasteiger partial charge in [-0.05, 0) is 38.6 Å². The Labute approximate surface area is 118 Å². The van der Waals surface area contributed by atoms with Gasteiger partial charge in [0.15, 0.2) is 0 Å². The van der Waals surface area contributed by atoms with Crippen LogP contribution in [-0.2, 0) is 0 Å². The van der Waals surface area contributed by atoms with Gasteiger partial charge in [-0.2, -0.15) is 0 Å². The molecule has 5 nitrogen and oxygen atoms in total. The first-order valence-corrected chi connectivity index (χ1v) is 7.05. The quantitative estimate of drug-likeness (QED) is 0.832. The average Bonchev–Trinajstić information content (AvgIpc) is 2.73. The Kier molecular flexibility index (Phi) is 3.54. The molecule has 0 bridgehead atoms. The fourth-order valence-corrected chi connectivity index (χ4v) is 2.99. The Morgan fingerprint density at radius 2 is 1.85 bits per heavy atom. The van der Waals surface area contributed by atoms with Crippen molar-refractivity contribution in [3.05, 3.63) is 35.4 Å². The van der Waals surface area contributed by atoms with E-state index in [0.29, 0.717) is 23.8 Å². The van der Waals surface area contributed by atoms with Crippen molar-refractivity contribution in [2.45, 2.75) is 18.9 Å². The molecule has 1 aromatic carbocycles. The first-order valence-electron chi connectivity index (χ1n) is 7.05. The van der Waals surface area contributed by atoms with Crippen LogP contribution in [0.1, 0.15) is 33.6 Å². The number of imide groups is 1. The molecular weight excluding hydrogens is 254 g/mol. The van der Waals surface area contributed by atoms with Crippen molar-refractivity contribution in [2.75, 3.05) is 26.8 Å². The Balaban J connectivity index is 1.73. The predicted octanol–water partition coefficient (Wildman–Crippen LogP) is 0.924. The van der Waals surface area contributed by atoms with E-state index in [1.54, 1.807) is 24.3 Å². The van der Waals surface area contributed by atoms with Gasteiger partial charge in [-0.3, -0.25) is 19.4 Å². The summed E-state index contributed by atoms with van der Waals surface area (Å²) in [7, 11) is 1.95. The smallest absolute Gasteiger partial charge is 0.262 e. The van der Waals surface area contributed by atoms with E-state index in [1.165, 1.54) is 4.90 Å². The highest BCUT2D eigenvalue weighted by molar-refractivity contribution is 6.21. The van der Waals surface area contributed by atoms with Gasteiger partial charge in [-0.1, -0.05) is 12.1 Å². The molecule has 1 unspecified atom stereocenters. The third-order valence-corrected chi connectivity index (χ3v) is 4.13. The highest BCUT2D eigenvalue weighted by atomic mass is 16.2. The minimum Gasteiger partial charge on any atom is -0.316 e. The summed E-state index contributed by atoms with van der Waals surface area (Å²) in [5.74, 6) is -0.339. The number of likely N-dealkylation sites (N-methyl/N-ethyl adjacent to an activating group) is 1. The van der Waals surface area contributed by atoms with Crippen molar-refractivity contribution in [1.29, 1.82) is 0 Å². The highest BCUT2D eigenvalue weighted by Gasteiger charge is 2.36. The summed E-state index contributed by atoms with van der Waals surface area (Å²) in [6, 6.07) is 7.49. The van der Waals surface area contributed by atoms with Crippen LogP contribution in [0.4, 0.5) is 0 Å². The molecule has 1 saturated heterocycles. The van der Waals surface area contributed by atoms with Crippen LogP contribution in [0.15, 0.2) is 24.3 Å². The Morgan fingerprint density at radius 1 is 1.20 bits per heavy atom. The normalized spacial score (nSPS) is 23.2. The standard InChI is InChI=1S/C15H19N3O2/c1-16-11-5-4-8-17(9-11)10-18-14(19)12-6-2-3-7-13(12)15(18)20/h2-3,6-7,11,16H,4-5,8-10H2,1H3. The van der Waals surface area contributed by atoms with Crippen LogP contribution in [0.3, 0.4) is 0 Å². The summed E-state index contributed by atoms with van der Waals surface area (Å²) >= 11 is 0. The number of rotatable bonds is 3. The first kappa shape index (κ1) is 13.3. The second kappa shape index (κ2) is 5.34. The Hall–Kier alpha value is -1.72. The van der Waals surface area contributed by atoms with Gasteiger partial charge in [0.05, 0.1) is 17.8 Å². The molecule has 2 aliphatic heterocycles. The summed E-state index contributed by atoms with van der Waals surface area (Å²) < 4.78 is 0. The lowest BCUT2D eigenvalue weighted by molar-refractivity contribution is 0.0500. The van der Waals surface area contributed by atoms with Crippen LogP contribution in [0.5, 0.6) is 0 Å². The van der Waals surface area contributed by atoms with Crippen molar-refractivity contribution in [2.24, 2.45) is 0 Å². The number of carbonyl (C=O) groups excluding carboxylic acids is 2. The third kappa shape index (κ3) is 2.23. The average molecular weight is 273 g/mol. The van der Waals surface area contributed by atoms with E-state index >= 15 is 0 Å². The van der Waals surface area contributed by atoms with Crippen LogP contribution in [-0.4, -0.2) is 54.5 Å². The zero-order valence-electron chi connectivity index (χ0n) is 11.6. The molecule has 0 spiro atoms. The molecule has 1 aromatic rings. The SMILES string of the molecule is CNC1CCCN(CN2C(=O)c3ccccc3C2=O)C1. The number of benzene rings is 1. The molecule has 0 radical (unpaired) electrons. The van der Waals surface area contributed by atoms with Gasteiger partial charge < -0.3 is 5.32 Å². The van der Waals surface area contributed by atoms with Gasteiger partial charge >= 0.3 is 0 Å². The fraction of sp³-hybridized carbons (Fsp3) is 0.467. The number of likely N-dealkylation sites (tertiary alicyclic amines) is 1. The molecule has 3 rings (SSSR count). The van der Waals surface area contributed by atoms with Gasteiger partial charge in [-0.25, -0.2) is 0 Å². The van der Waals surface area contributed by atoms with Gasteiger partial charge in [-0.15, -0.1) is 0 Å². The van der Waals surface area contributed by atoms with Crippen molar-refractivity contribution >= 4 is 11.8 Å². The van der Waals surface area contributed by atoms with Crippen LogP contribution >= 0.6 is 0 Å².